The van der Waals surface area contributed by atoms with E-state index < -0.39 is 0 Å². The normalized spacial score (nSPS) is 20.1. The largest absolute Gasteiger partial charge is 0.454 e. The first-order valence-electron chi connectivity index (χ1n) is 10.5. The minimum atomic E-state index is 0.0397. The van der Waals surface area contributed by atoms with E-state index in [0.717, 1.165) is 62.8 Å². The number of amides is 2. The van der Waals surface area contributed by atoms with Crippen LogP contribution in [-0.2, 0) is 11.3 Å². The van der Waals surface area contributed by atoms with Gasteiger partial charge in [0.25, 0.3) is 0 Å². The lowest BCUT2D eigenvalue weighted by molar-refractivity contribution is 0.0345. The first-order chi connectivity index (χ1) is 13.8. The summed E-state index contributed by atoms with van der Waals surface area (Å²) in [6.07, 6.45) is 5.88. The number of morpholine rings is 1. The van der Waals surface area contributed by atoms with Gasteiger partial charge in [-0.05, 0) is 30.5 Å². The van der Waals surface area contributed by atoms with E-state index in [4.69, 9.17) is 14.2 Å². The third kappa shape index (κ3) is 5.08. The number of benzene rings is 1. The molecule has 7 heteroatoms. The molecule has 0 atom stereocenters. The molecule has 1 saturated carbocycles. The zero-order chi connectivity index (χ0) is 19.2. The molecule has 0 spiro atoms. The van der Waals surface area contributed by atoms with E-state index in [1.54, 1.807) is 0 Å². The van der Waals surface area contributed by atoms with Crippen molar-refractivity contribution in [3.05, 3.63) is 23.8 Å². The molecule has 2 fully saturated rings. The van der Waals surface area contributed by atoms with Crippen LogP contribution >= 0.6 is 0 Å². The van der Waals surface area contributed by atoms with Crippen molar-refractivity contribution in [2.75, 3.05) is 46.2 Å². The number of ether oxygens (including phenoxy) is 3. The summed E-state index contributed by atoms with van der Waals surface area (Å²) in [4.78, 5) is 17.3. The van der Waals surface area contributed by atoms with Crippen LogP contribution in [0.2, 0.25) is 0 Å². The van der Waals surface area contributed by atoms with Crippen LogP contribution in [0.3, 0.4) is 0 Å². The van der Waals surface area contributed by atoms with Gasteiger partial charge in [0.1, 0.15) is 0 Å². The molecule has 2 amide bonds. The summed E-state index contributed by atoms with van der Waals surface area (Å²) in [5.41, 5.74) is 1.06. The van der Waals surface area contributed by atoms with Gasteiger partial charge in [0.15, 0.2) is 11.5 Å². The minimum Gasteiger partial charge on any atom is -0.454 e. The average molecular weight is 389 g/mol. The van der Waals surface area contributed by atoms with E-state index in [-0.39, 0.29) is 12.8 Å². The molecule has 1 N–H and O–H groups in total. The molecule has 0 aromatic heterocycles. The first kappa shape index (κ1) is 19.3. The van der Waals surface area contributed by atoms with Gasteiger partial charge in [-0.3, -0.25) is 4.90 Å². The molecule has 154 valence electrons. The molecule has 0 unspecified atom stereocenters. The number of rotatable bonds is 6. The van der Waals surface area contributed by atoms with Crippen LogP contribution in [0.4, 0.5) is 4.79 Å². The van der Waals surface area contributed by atoms with Crippen molar-refractivity contribution in [1.82, 2.24) is 15.1 Å². The van der Waals surface area contributed by atoms with E-state index in [9.17, 15) is 4.79 Å². The second-order valence-electron chi connectivity index (χ2n) is 7.85. The highest BCUT2D eigenvalue weighted by molar-refractivity contribution is 5.74. The van der Waals surface area contributed by atoms with E-state index in [0.29, 0.717) is 19.1 Å². The van der Waals surface area contributed by atoms with Crippen molar-refractivity contribution >= 4 is 6.03 Å². The second-order valence-corrected chi connectivity index (χ2v) is 7.85. The zero-order valence-corrected chi connectivity index (χ0v) is 16.5. The van der Waals surface area contributed by atoms with Gasteiger partial charge in [0, 0.05) is 38.8 Å². The fourth-order valence-corrected chi connectivity index (χ4v) is 4.11. The summed E-state index contributed by atoms with van der Waals surface area (Å²) in [5.74, 6) is 1.54. The molecule has 28 heavy (non-hydrogen) atoms. The molecule has 3 aliphatic rings. The predicted octanol–water partition coefficient (Wildman–Crippen LogP) is 2.59. The van der Waals surface area contributed by atoms with Crippen LogP contribution in [0.5, 0.6) is 11.5 Å². The molecule has 2 aliphatic heterocycles. The van der Waals surface area contributed by atoms with Crippen LogP contribution in [0.25, 0.3) is 0 Å². The first-order valence-corrected chi connectivity index (χ1v) is 10.5. The molecule has 4 rings (SSSR count). The van der Waals surface area contributed by atoms with Gasteiger partial charge in [0.2, 0.25) is 6.79 Å². The van der Waals surface area contributed by atoms with Crippen molar-refractivity contribution in [2.45, 2.75) is 44.7 Å². The third-order valence-corrected chi connectivity index (χ3v) is 5.82. The Kier molecular flexibility index (Phi) is 6.54. The standard InChI is InChI=1S/C21H31N3O4/c25-21(22-18-4-2-1-3-5-18)24(9-8-23-10-12-26-13-11-23)15-17-6-7-19-20(14-17)28-16-27-19/h6-7,14,18H,1-5,8-13,15-16H2,(H,22,25). The lowest BCUT2D eigenvalue weighted by Crippen LogP contribution is -2.48. The van der Waals surface area contributed by atoms with Crippen LogP contribution in [0.1, 0.15) is 37.7 Å². The summed E-state index contributed by atoms with van der Waals surface area (Å²) in [6.45, 7) is 5.82. The average Bonchev–Trinajstić information content (AvgIpc) is 3.20. The molecule has 1 aromatic carbocycles. The smallest absolute Gasteiger partial charge is 0.317 e. The number of urea groups is 1. The van der Waals surface area contributed by atoms with Crippen molar-refractivity contribution in [3.63, 3.8) is 0 Å². The monoisotopic (exact) mass is 389 g/mol. The maximum atomic E-state index is 13.0. The van der Waals surface area contributed by atoms with Crippen molar-refractivity contribution < 1.29 is 19.0 Å². The fourth-order valence-electron chi connectivity index (χ4n) is 4.11. The fraction of sp³-hybridized carbons (Fsp3) is 0.667. The Morgan fingerprint density at radius 3 is 2.71 bits per heavy atom. The molecule has 2 heterocycles. The summed E-state index contributed by atoms with van der Waals surface area (Å²) in [5, 5.41) is 3.27. The maximum absolute atomic E-state index is 13.0. The summed E-state index contributed by atoms with van der Waals surface area (Å²) in [7, 11) is 0. The van der Waals surface area contributed by atoms with E-state index in [2.05, 4.69) is 10.2 Å². The lowest BCUT2D eigenvalue weighted by Gasteiger charge is -2.32. The zero-order valence-electron chi connectivity index (χ0n) is 16.5. The Morgan fingerprint density at radius 2 is 1.89 bits per heavy atom. The van der Waals surface area contributed by atoms with Crippen LogP contribution in [0.15, 0.2) is 18.2 Å². The Labute approximate surface area is 166 Å². The van der Waals surface area contributed by atoms with Gasteiger partial charge in [-0.15, -0.1) is 0 Å². The Balaban J connectivity index is 1.39. The van der Waals surface area contributed by atoms with Crippen molar-refractivity contribution in [3.8, 4) is 11.5 Å². The number of carbonyl (C=O) groups excluding carboxylic acids is 1. The number of hydrogen-bond acceptors (Lipinski definition) is 5. The number of hydrogen-bond donors (Lipinski definition) is 1. The Morgan fingerprint density at radius 1 is 1.11 bits per heavy atom. The highest BCUT2D eigenvalue weighted by atomic mass is 16.7. The number of fused-ring (bicyclic) bond motifs is 1. The molecule has 0 bridgehead atoms. The van der Waals surface area contributed by atoms with Gasteiger partial charge >= 0.3 is 6.03 Å². The van der Waals surface area contributed by atoms with Crippen molar-refractivity contribution in [1.29, 1.82) is 0 Å². The highest BCUT2D eigenvalue weighted by Crippen LogP contribution is 2.32. The second kappa shape index (κ2) is 9.47. The van der Waals surface area contributed by atoms with Crippen molar-refractivity contribution in [2.24, 2.45) is 0 Å². The SMILES string of the molecule is O=C(NC1CCCCC1)N(CCN1CCOCC1)Cc1ccc2c(c1)OCO2. The molecule has 0 radical (unpaired) electrons. The summed E-state index contributed by atoms with van der Waals surface area (Å²) >= 11 is 0. The van der Waals surface area contributed by atoms with Gasteiger partial charge in [0.05, 0.1) is 13.2 Å². The maximum Gasteiger partial charge on any atom is 0.317 e. The van der Waals surface area contributed by atoms with E-state index in [1.165, 1.54) is 19.3 Å². The molecule has 1 saturated heterocycles. The third-order valence-electron chi connectivity index (χ3n) is 5.82. The lowest BCUT2D eigenvalue weighted by atomic mass is 9.96. The Bertz CT molecular complexity index is 657. The number of nitrogens with zero attached hydrogens (tertiary/aromatic N) is 2. The van der Waals surface area contributed by atoms with E-state index in [1.807, 2.05) is 23.1 Å². The summed E-state index contributed by atoms with van der Waals surface area (Å²) < 4.78 is 16.3. The van der Waals surface area contributed by atoms with Gasteiger partial charge in [-0.2, -0.15) is 0 Å². The minimum absolute atomic E-state index is 0.0397. The van der Waals surface area contributed by atoms with Crippen LogP contribution in [0, 0.1) is 0 Å². The Hall–Kier alpha value is -1.99. The van der Waals surface area contributed by atoms with Gasteiger partial charge in [-0.25, -0.2) is 4.79 Å². The molecular formula is C21H31N3O4. The highest BCUT2D eigenvalue weighted by Gasteiger charge is 2.22. The van der Waals surface area contributed by atoms with Gasteiger partial charge < -0.3 is 24.4 Å². The predicted molar refractivity (Wildman–Crippen MR) is 106 cm³/mol. The molecule has 7 nitrogen and oxygen atoms in total. The molecular weight excluding hydrogens is 358 g/mol. The van der Waals surface area contributed by atoms with E-state index >= 15 is 0 Å². The summed E-state index contributed by atoms with van der Waals surface area (Å²) in [6, 6.07) is 6.28. The quantitative estimate of drug-likeness (QED) is 0.810. The molecule has 1 aliphatic carbocycles. The van der Waals surface area contributed by atoms with Gasteiger partial charge in [-0.1, -0.05) is 25.3 Å². The topological polar surface area (TPSA) is 63.3 Å². The number of nitrogens with one attached hydrogen (secondary N) is 1. The number of carbonyl (C=O) groups is 1. The molecule has 1 aromatic rings. The van der Waals surface area contributed by atoms with Crippen LogP contribution in [-0.4, -0.2) is 68.1 Å². The van der Waals surface area contributed by atoms with Crippen LogP contribution < -0.4 is 14.8 Å².